The highest BCUT2D eigenvalue weighted by Crippen LogP contribution is 2.05. The van der Waals surface area contributed by atoms with Crippen LogP contribution in [0.2, 0.25) is 0 Å². The van der Waals surface area contributed by atoms with Gasteiger partial charge in [0.1, 0.15) is 0 Å². The van der Waals surface area contributed by atoms with Gasteiger partial charge in [-0.15, -0.1) is 11.6 Å². The highest BCUT2D eigenvalue weighted by molar-refractivity contribution is 6.17. The predicted molar refractivity (Wildman–Crippen MR) is 39.0 cm³/mol. The number of nitroso groups, excluding NO2 is 1. The molecular weight excluding hydrogens is 138 g/mol. The van der Waals surface area contributed by atoms with Crippen LogP contribution in [0.3, 0.4) is 0 Å². The zero-order valence-electron chi connectivity index (χ0n) is 6.15. The minimum absolute atomic E-state index is 0.297. The van der Waals surface area contributed by atoms with Gasteiger partial charge in [0, 0.05) is 30.4 Å². The topological polar surface area (TPSA) is 20.1 Å². The van der Waals surface area contributed by atoms with E-state index in [0.29, 0.717) is 12.4 Å². The summed E-state index contributed by atoms with van der Waals surface area (Å²) in [6.45, 7) is 6.01. The first kappa shape index (κ1) is 8.89. The second-order valence-electron chi connectivity index (χ2n) is 2.96. The number of nitrogens with zero attached hydrogens (tertiary/aromatic N) is 1. The van der Waals surface area contributed by atoms with Crippen LogP contribution in [0.1, 0.15) is 20.8 Å². The highest BCUT2D eigenvalue weighted by Gasteiger charge is 2.27. The third-order valence-corrected chi connectivity index (χ3v) is 1.20. The van der Waals surface area contributed by atoms with Crippen molar-refractivity contribution in [1.29, 1.82) is 0 Å². The third kappa shape index (κ3) is 3.46. The number of hydrogen-bond donors (Lipinski definition) is 0. The Morgan fingerprint density at radius 1 is 1.44 bits per heavy atom. The Kier molecular flexibility index (Phi) is 3.12. The van der Waals surface area contributed by atoms with Gasteiger partial charge in [-0.25, -0.2) is 0 Å². The Balaban J connectivity index is 3.74. The Morgan fingerprint density at radius 2 is 1.89 bits per heavy atom. The van der Waals surface area contributed by atoms with Gasteiger partial charge in [0.15, 0.2) is 0 Å². The van der Waals surface area contributed by atoms with E-state index >= 15 is 0 Å². The molecule has 0 aromatic rings. The van der Waals surface area contributed by atoms with Gasteiger partial charge in [0.05, 0.1) is 5.88 Å². The van der Waals surface area contributed by atoms with Crippen LogP contribution in [-0.4, -0.2) is 22.7 Å². The normalized spacial score (nSPS) is 11.6. The monoisotopic (exact) mass is 150 g/mol. The maximum absolute atomic E-state index is 10.9. The summed E-state index contributed by atoms with van der Waals surface area (Å²) in [5, 5.41) is 0. The average Bonchev–Trinajstić information content (AvgIpc) is 1.64. The van der Waals surface area contributed by atoms with Gasteiger partial charge >= 0.3 is 0 Å². The van der Waals surface area contributed by atoms with Crippen LogP contribution in [-0.2, 0) is 0 Å². The molecule has 0 N–H and O–H groups in total. The lowest BCUT2D eigenvalue weighted by molar-refractivity contribution is -0.612. The molecule has 0 aliphatic heterocycles. The molecule has 0 aromatic carbocycles. The second kappa shape index (κ2) is 3.16. The van der Waals surface area contributed by atoms with Crippen molar-refractivity contribution in [2.45, 2.75) is 26.3 Å². The summed E-state index contributed by atoms with van der Waals surface area (Å²) in [4.78, 5) is 10.9. The fourth-order valence-corrected chi connectivity index (χ4v) is 0.566. The Hall–Kier alpha value is -0.110. The van der Waals surface area contributed by atoms with Gasteiger partial charge < -0.3 is 0 Å². The first-order valence-corrected chi connectivity index (χ1v) is 3.52. The molecule has 0 fully saturated rings. The Labute approximate surface area is 60.8 Å². The molecule has 0 aromatic heterocycles. The molecule has 0 atom stereocenters. The van der Waals surface area contributed by atoms with Gasteiger partial charge in [0.25, 0.3) is 0 Å². The van der Waals surface area contributed by atoms with E-state index in [-0.39, 0.29) is 5.54 Å². The van der Waals surface area contributed by atoms with Gasteiger partial charge in [-0.2, -0.15) is 0 Å². The summed E-state index contributed by atoms with van der Waals surface area (Å²) in [7, 11) is 0. The fourth-order valence-electron chi connectivity index (χ4n) is 0.412. The van der Waals surface area contributed by atoms with E-state index in [0.717, 1.165) is 4.76 Å². The number of rotatable bonds is 2. The molecule has 0 bridgehead atoms. The van der Waals surface area contributed by atoms with Crippen LogP contribution in [0, 0.1) is 4.91 Å². The lowest BCUT2D eigenvalue weighted by atomic mass is 10.1. The molecule has 0 radical (unpaired) electrons. The summed E-state index contributed by atoms with van der Waals surface area (Å²) in [6, 6.07) is 0. The van der Waals surface area contributed by atoms with E-state index in [1.807, 2.05) is 20.8 Å². The van der Waals surface area contributed by atoms with E-state index in [1.54, 1.807) is 0 Å². The van der Waals surface area contributed by atoms with Crippen molar-refractivity contribution in [3.05, 3.63) is 4.91 Å². The first-order chi connectivity index (χ1) is 3.98. The fraction of sp³-hybridized carbons (Fsp3) is 1.00. The predicted octanol–water partition coefficient (Wildman–Crippen LogP) is 1.80. The zero-order chi connectivity index (χ0) is 7.49. The Bertz CT molecular complexity index is 106. The van der Waals surface area contributed by atoms with Crippen molar-refractivity contribution in [2.24, 2.45) is 0 Å². The standard InChI is InChI=1S/C6H13ClNO/c1-6(2,3)8(9)5-4-7/h4-5H2,1-3H3/q+1. The van der Waals surface area contributed by atoms with Gasteiger partial charge in [-0.05, 0) is 0 Å². The van der Waals surface area contributed by atoms with Crippen molar-refractivity contribution in [3.63, 3.8) is 0 Å². The molecule has 0 rings (SSSR count). The van der Waals surface area contributed by atoms with E-state index in [9.17, 15) is 4.91 Å². The second-order valence-corrected chi connectivity index (χ2v) is 3.34. The maximum Gasteiger partial charge on any atom is 0.206 e. The van der Waals surface area contributed by atoms with Crippen molar-refractivity contribution in [1.82, 2.24) is 0 Å². The van der Waals surface area contributed by atoms with E-state index < -0.39 is 0 Å². The van der Waals surface area contributed by atoms with Crippen molar-refractivity contribution in [2.75, 3.05) is 12.4 Å². The summed E-state index contributed by atoms with van der Waals surface area (Å²) >= 11 is 5.36. The SMILES string of the molecule is CC(C)(C)[N+](=O)CCCl. The minimum atomic E-state index is -0.297. The van der Waals surface area contributed by atoms with Crippen molar-refractivity contribution >= 4 is 11.6 Å². The van der Waals surface area contributed by atoms with Gasteiger partial charge in [-0.3, -0.25) is 0 Å². The molecule has 2 nitrogen and oxygen atoms in total. The molecule has 0 unspecified atom stereocenters. The molecule has 0 saturated heterocycles. The number of halogens is 1. The molecule has 3 heteroatoms. The van der Waals surface area contributed by atoms with Crippen LogP contribution in [0.4, 0.5) is 0 Å². The quantitative estimate of drug-likeness (QED) is 0.434. The van der Waals surface area contributed by atoms with E-state index in [2.05, 4.69) is 0 Å². The molecule has 0 saturated carbocycles. The molecule has 9 heavy (non-hydrogen) atoms. The molecule has 54 valence electrons. The van der Waals surface area contributed by atoms with Crippen molar-refractivity contribution < 1.29 is 4.76 Å². The Morgan fingerprint density at radius 3 is 2.00 bits per heavy atom. The van der Waals surface area contributed by atoms with E-state index in [1.165, 1.54) is 0 Å². The molecule has 0 spiro atoms. The largest absolute Gasteiger partial charge is 0.206 e. The summed E-state index contributed by atoms with van der Waals surface area (Å²) in [6.07, 6.45) is 0. The minimum Gasteiger partial charge on any atom is -0.120 e. The molecule has 0 amide bonds. The average molecular weight is 151 g/mol. The first-order valence-electron chi connectivity index (χ1n) is 2.99. The van der Waals surface area contributed by atoms with E-state index in [4.69, 9.17) is 11.6 Å². The van der Waals surface area contributed by atoms with Crippen molar-refractivity contribution in [3.8, 4) is 0 Å². The van der Waals surface area contributed by atoms with Crippen LogP contribution >= 0.6 is 11.6 Å². The molecule has 0 aliphatic carbocycles. The smallest absolute Gasteiger partial charge is 0.120 e. The third-order valence-electron chi connectivity index (χ3n) is 1.04. The van der Waals surface area contributed by atoms with Crippen LogP contribution in [0.25, 0.3) is 0 Å². The lowest BCUT2D eigenvalue weighted by Gasteiger charge is -2.06. The molecule has 0 heterocycles. The highest BCUT2D eigenvalue weighted by atomic mass is 35.5. The summed E-state index contributed by atoms with van der Waals surface area (Å²) in [5.41, 5.74) is -0.297. The molecular formula is C6H13ClNO+. The van der Waals surface area contributed by atoms with Crippen LogP contribution in [0.5, 0.6) is 0 Å². The summed E-state index contributed by atoms with van der Waals surface area (Å²) < 4.78 is 0.986. The van der Waals surface area contributed by atoms with Gasteiger partial charge in [-0.1, -0.05) is 0 Å². The summed E-state index contributed by atoms with van der Waals surface area (Å²) in [5.74, 6) is 0.404. The molecule has 0 aliphatic rings. The number of alkyl halides is 1. The van der Waals surface area contributed by atoms with Crippen LogP contribution < -0.4 is 0 Å². The lowest BCUT2D eigenvalue weighted by Crippen LogP contribution is -2.32. The van der Waals surface area contributed by atoms with Crippen LogP contribution in [0.15, 0.2) is 0 Å². The number of hydrogen-bond acceptors (Lipinski definition) is 1. The van der Waals surface area contributed by atoms with Gasteiger partial charge in [0.2, 0.25) is 12.1 Å². The maximum atomic E-state index is 10.9. The zero-order valence-corrected chi connectivity index (χ0v) is 6.90.